The lowest BCUT2D eigenvalue weighted by atomic mass is 10.1. The first-order chi connectivity index (χ1) is 9.95. The molecule has 108 valence electrons. The molecule has 21 heavy (non-hydrogen) atoms. The van der Waals surface area contributed by atoms with Crippen molar-refractivity contribution in [1.82, 2.24) is 4.98 Å². The van der Waals surface area contributed by atoms with Crippen LogP contribution in [0.15, 0.2) is 36.5 Å². The van der Waals surface area contributed by atoms with Crippen molar-refractivity contribution in [3.63, 3.8) is 0 Å². The number of benzene rings is 1. The summed E-state index contributed by atoms with van der Waals surface area (Å²) in [6.07, 6.45) is 1.36. The van der Waals surface area contributed by atoms with Gasteiger partial charge in [-0.05, 0) is 29.8 Å². The van der Waals surface area contributed by atoms with Gasteiger partial charge in [0.05, 0.1) is 18.3 Å². The molecular weight excluding hydrogens is 315 g/mol. The Kier molecular flexibility index (Phi) is 4.77. The Hall–Kier alpha value is -2.11. The number of pyridine rings is 1. The Balaban J connectivity index is 2.02. The van der Waals surface area contributed by atoms with Gasteiger partial charge in [0.1, 0.15) is 5.69 Å². The van der Waals surface area contributed by atoms with Gasteiger partial charge in [0.2, 0.25) is 5.91 Å². The topological polar surface area (TPSA) is 79.3 Å². The van der Waals surface area contributed by atoms with Crippen molar-refractivity contribution in [2.45, 2.75) is 6.42 Å². The van der Waals surface area contributed by atoms with E-state index in [0.717, 1.165) is 0 Å². The molecule has 0 atom stereocenters. The third kappa shape index (κ3) is 4.18. The van der Waals surface area contributed by atoms with Crippen molar-refractivity contribution < 1.29 is 14.7 Å². The summed E-state index contributed by atoms with van der Waals surface area (Å²) in [5.41, 5.74) is 0.970. The van der Waals surface area contributed by atoms with E-state index < -0.39 is 5.97 Å². The number of hydrogen-bond donors (Lipinski definition) is 2. The molecule has 0 aliphatic carbocycles. The maximum Gasteiger partial charge on any atom is 0.354 e. The maximum absolute atomic E-state index is 11.9. The molecule has 0 aliphatic rings. The van der Waals surface area contributed by atoms with E-state index in [0.29, 0.717) is 21.3 Å². The van der Waals surface area contributed by atoms with Gasteiger partial charge < -0.3 is 10.4 Å². The van der Waals surface area contributed by atoms with E-state index in [-0.39, 0.29) is 18.0 Å². The number of carboxylic acid groups (broad SMARTS) is 1. The van der Waals surface area contributed by atoms with Gasteiger partial charge in [0.25, 0.3) is 0 Å². The van der Waals surface area contributed by atoms with Gasteiger partial charge in [-0.1, -0.05) is 29.3 Å². The predicted molar refractivity (Wildman–Crippen MR) is 80.0 cm³/mol. The molecular formula is C14H10Cl2N2O3. The normalized spacial score (nSPS) is 10.2. The zero-order valence-corrected chi connectivity index (χ0v) is 12.1. The number of halogens is 2. The zero-order chi connectivity index (χ0) is 15.4. The molecule has 5 nitrogen and oxygen atoms in total. The number of carbonyl (C=O) groups is 2. The Morgan fingerprint density at radius 3 is 2.52 bits per heavy atom. The first-order valence-electron chi connectivity index (χ1n) is 5.89. The first-order valence-corrected chi connectivity index (χ1v) is 6.64. The highest BCUT2D eigenvalue weighted by atomic mass is 35.5. The quantitative estimate of drug-likeness (QED) is 0.904. The van der Waals surface area contributed by atoms with Gasteiger partial charge in [-0.15, -0.1) is 0 Å². The molecule has 1 aromatic heterocycles. The highest BCUT2D eigenvalue weighted by molar-refractivity contribution is 6.35. The second kappa shape index (κ2) is 6.56. The molecule has 0 bridgehead atoms. The monoisotopic (exact) mass is 324 g/mol. The second-order valence-electron chi connectivity index (χ2n) is 4.20. The van der Waals surface area contributed by atoms with Gasteiger partial charge in [-0.2, -0.15) is 0 Å². The largest absolute Gasteiger partial charge is 0.477 e. The first kappa shape index (κ1) is 15.3. The summed E-state index contributed by atoms with van der Waals surface area (Å²) < 4.78 is 0. The minimum Gasteiger partial charge on any atom is -0.477 e. The SMILES string of the molecule is O=C(Cc1ccc(Cl)cc1Cl)Nc1ccc(C(=O)O)nc1. The van der Waals surface area contributed by atoms with Gasteiger partial charge >= 0.3 is 5.97 Å². The summed E-state index contributed by atoms with van der Waals surface area (Å²) in [5, 5.41) is 12.3. The second-order valence-corrected chi connectivity index (χ2v) is 5.04. The summed E-state index contributed by atoms with van der Waals surface area (Å²) in [6, 6.07) is 7.68. The molecule has 7 heteroatoms. The zero-order valence-electron chi connectivity index (χ0n) is 10.6. The van der Waals surface area contributed by atoms with Gasteiger partial charge in [-0.25, -0.2) is 9.78 Å². The maximum atomic E-state index is 11.9. The van der Waals surface area contributed by atoms with E-state index >= 15 is 0 Å². The fourth-order valence-corrected chi connectivity index (χ4v) is 2.11. The van der Waals surface area contributed by atoms with Crippen LogP contribution in [0.2, 0.25) is 10.0 Å². The van der Waals surface area contributed by atoms with Crippen LogP contribution in [-0.4, -0.2) is 22.0 Å². The fourth-order valence-electron chi connectivity index (χ4n) is 1.64. The number of rotatable bonds is 4. The number of carbonyl (C=O) groups excluding carboxylic acids is 1. The molecule has 1 heterocycles. The van der Waals surface area contributed by atoms with E-state index in [9.17, 15) is 9.59 Å². The standard InChI is InChI=1S/C14H10Cl2N2O3/c15-9-2-1-8(11(16)6-9)5-13(19)18-10-3-4-12(14(20)21)17-7-10/h1-4,6-7H,5H2,(H,18,19)(H,20,21). The van der Waals surface area contributed by atoms with Crippen LogP contribution < -0.4 is 5.32 Å². The molecule has 2 aromatic rings. The van der Waals surface area contributed by atoms with Crippen molar-refractivity contribution in [3.8, 4) is 0 Å². The summed E-state index contributed by atoms with van der Waals surface area (Å²) in [6.45, 7) is 0. The van der Waals surface area contributed by atoms with Gasteiger partial charge in [-0.3, -0.25) is 4.79 Å². The van der Waals surface area contributed by atoms with Crippen LogP contribution >= 0.6 is 23.2 Å². The summed E-state index contributed by atoms with van der Waals surface area (Å²) >= 11 is 11.8. The number of amides is 1. The highest BCUT2D eigenvalue weighted by Crippen LogP contribution is 2.21. The van der Waals surface area contributed by atoms with Crippen molar-refractivity contribution >= 4 is 40.8 Å². The average molecular weight is 325 g/mol. The molecule has 1 amide bonds. The number of aromatic nitrogens is 1. The highest BCUT2D eigenvalue weighted by Gasteiger charge is 2.09. The van der Waals surface area contributed by atoms with Crippen LogP contribution in [0.1, 0.15) is 16.1 Å². The number of aromatic carboxylic acids is 1. The Morgan fingerprint density at radius 1 is 1.19 bits per heavy atom. The fraction of sp³-hybridized carbons (Fsp3) is 0.0714. The van der Waals surface area contributed by atoms with Crippen LogP contribution in [-0.2, 0) is 11.2 Å². The number of nitrogens with zero attached hydrogens (tertiary/aromatic N) is 1. The summed E-state index contributed by atoms with van der Waals surface area (Å²) in [5.74, 6) is -1.41. The van der Waals surface area contributed by atoms with Crippen LogP contribution in [0.3, 0.4) is 0 Å². The van der Waals surface area contributed by atoms with Gasteiger partial charge in [0, 0.05) is 10.0 Å². The Labute approximate surface area is 130 Å². The van der Waals surface area contributed by atoms with E-state index in [4.69, 9.17) is 28.3 Å². The van der Waals surface area contributed by atoms with E-state index in [1.54, 1.807) is 18.2 Å². The minimum absolute atomic E-state index is 0.0800. The summed E-state index contributed by atoms with van der Waals surface area (Å²) in [7, 11) is 0. The molecule has 0 saturated heterocycles. The smallest absolute Gasteiger partial charge is 0.354 e. The van der Waals surface area contributed by atoms with Crippen molar-refractivity contribution in [2.75, 3.05) is 5.32 Å². The minimum atomic E-state index is -1.12. The number of nitrogens with one attached hydrogen (secondary N) is 1. The summed E-state index contributed by atoms with van der Waals surface area (Å²) in [4.78, 5) is 26.3. The molecule has 0 saturated carbocycles. The average Bonchev–Trinajstić information content (AvgIpc) is 2.42. The van der Waals surface area contributed by atoms with Crippen molar-refractivity contribution in [1.29, 1.82) is 0 Å². The van der Waals surface area contributed by atoms with Gasteiger partial charge in [0.15, 0.2) is 0 Å². The molecule has 1 aromatic carbocycles. The third-order valence-corrected chi connectivity index (χ3v) is 3.22. The number of carboxylic acids is 1. The molecule has 0 radical (unpaired) electrons. The van der Waals surface area contributed by atoms with E-state index in [1.165, 1.54) is 18.3 Å². The van der Waals surface area contributed by atoms with Crippen LogP contribution in [0.25, 0.3) is 0 Å². The van der Waals surface area contributed by atoms with E-state index in [2.05, 4.69) is 10.3 Å². The number of hydrogen-bond acceptors (Lipinski definition) is 3. The third-order valence-electron chi connectivity index (χ3n) is 2.63. The van der Waals surface area contributed by atoms with Crippen LogP contribution in [0, 0.1) is 0 Å². The predicted octanol–water partition coefficient (Wildman–Crippen LogP) is 3.27. The molecule has 0 spiro atoms. The van der Waals surface area contributed by atoms with Crippen molar-refractivity contribution in [2.24, 2.45) is 0 Å². The van der Waals surface area contributed by atoms with E-state index in [1.807, 2.05) is 0 Å². The molecule has 0 fully saturated rings. The van der Waals surface area contributed by atoms with Crippen LogP contribution in [0.4, 0.5) is 5.69 Å². The van der Waals surface area contributed by atoms with Crippen molar-refractivity contribution in [3.05, 3.63) is 57.8 Å². The number of anilines is 1. The Morgan fingerprint density at radius 2 is 1.95 bits per heavy atom. The lowest BCUT2D eigenvalue weighted by molar-refractivity contribution is -0.115. The Bertz CT molecular complexity index is 687. The molecule has 2 N–H and O–H groups in total. The molecule has 0 unspecified atom stereocenters. The molecule has 2 rings (SSSR count). The lowest BCUT2D eigenvalue weighted by Crippen LogP contribution is -2.15. The molecule has 0 aliphatic heterocycles. The van der Waals surface area contributed by atoms with Crippen LogP contribution in [0.5, 0.6) is 0 Å². The lowest BCUT2D eigenvalue weighted by Gasteiger charge is -2.07.